The van der Waals surface area contributed by atoms with Crippen molar-refractivity contribution >= 4 is 22.6 Å². The van der Waals surface area contributed by atoms with Crippen LogP contribution in [0.2, 0.25) is 0 Å². The van der Waals surface area contributed by atoms with Gasteiger partial charge in [0.15, 0.2) is 0 Å². The quantitative estimate of drug-likeness (QED) is 0.786. The normalized spacial score (nSPS) is 20.4. The molecular formula is C23H31N3O3. The first kappa shape index (κ1) is 21.3. The summed E-state index contributed by atoms with van der Waals surface area (Å²) in [4.78, 5) is 27.0. The van der Waals surface area contributed by atoms with E-state index in [1.54, 1.807) is 6.07 Å². The van der Waals surface area contributed by atoms with Crippen LogP contribution in [-0.2, 0) is 9.53 Å². The van der Waals surface area contributed by atoms with Gasteiger partial charge in [-0.1, -0.05) is 30.3 Å². The average Bonchev–Trinajstić information content (AvgIpc) is 2.69. The maximum Gasteiger partial charge on any atom is 0.251 e. The molecule has 1 fully saturated rings. The van der Waals surface area contributed by atoms with Gasteiger partial charge in [-0.25, -0.2) is 0 Å². The molecule has 1 saturated heterocycles. The summed E-state index contributed by atoms with van der Waals surface area (Å²) < 4.78 is 5.79. The molecule has 0 spiro atoms. The Balaban J connectivity index is 1.49. The van der Waals surface area contributed by atoms with Crippen LogP contribution in [0, 0.1) is 0 Å². The highest BCUT2D eigenvalue weighted by Crippen LogP contribution is 2.20. The average molecular weight is 398 g/mol. The molecule has 2 amide bonds. The van der Waals surface area contributed by atoms with Crippen molar-refractivity contribution in [2.45, 2.75) is 45.4 Å². The van der Waals surface area contributed by atoms with E-state index in [4.69, 9.17) is 4.74 Å². The van der Waals surface area contributed by atoms with E-state index >= 15 is 0 Å². The molecule has 29 heavy (non-hydrogen) atoms. The standard InChI is InChI=1S/C23H31N3O3/c1-16-13-26(14-17(2)29-16)23(3,4)15-25-21(27)12-24-22(28)20-10-9-18-7-5-6-8-19(18)11-20/h5-11,16-17H,12-15H2,1-4H3,(H,24,28)(H,25,27). The maximum absolute atomic E-state index is 12.4. The predicted octanol–water partition coefficient (Wildman–Crippen LogP) is 2.57. The second-order valence-electron chi connectivity index (χ2n) is 8.50. The number of amides is 2. The van der Waals surface area contributed by atoms with E-state index in [1.165, 1.54) is 0 Å². The Hall–Kier alpha value is -2.44. The van der Waals surface area contributed by atoms with Crippen molar-refractivity contribution in [2.24, 2.45) is 0 Å². The number of nitrogens with zero attached hydrogens (tertiary/aromatic N) is 1. The Bertz CT molecular complexity index is 871. The summed E-state index contributed by atoms with van der Waals surface area (Å²) in [5.41, 5.74) is 0.359. The van der Waals surface area contributed by atoms with Crippen molar-refractivity contribution in [3.63, 3.8) is 0 Å². The first-order valence-electron chi connectivity index (χ1n) is 10.2. The highest BCUT2D eigenvalue weighted by atomic mass is 16.5. The van der Waals surface area contributed by atoms with Crippen LogP contribution in [-0.4, -0.2) is 60.6 Å². The van der Waals surface area contributed by atoms with Crippen LogP contribution in [0.25, 0.3) is 10.8 Å². The summed E-state index contributed by atoms with van der Waals surface area (Å²) in [5.74, 6) is -0.442. The van der Waals surface area contributed by atoms with Crippen molar-refractivity contribution < 1.29 is 14.3 Å². The Labute approximate surface area is 172 Å². The van der Waals surface area contributed by atoms with Crippen molar-refractivity contribution in [1.82, 2.24) is 15.5 Å². The van der Waals surface area contributed by atoms with Crippen LogP contribution in [0.1, 0.15) is 38.1 Å². The number of morpholine rings is 1. The Morgan fingerprint density at radius 2 is 1.69 bits per heavy atom. The van der Waals surface area contributed by atoms with Gasteiger partial charge in [0.1, 0.15) is 0 Å². The molecule has 0 bridgehead atoms. The molecule has 2 N–H and O–H groups in total. The largest absolute Gasteiger partial charge is 0.373 e. The zero-order valence-electron chi connectivity index (χ0n) is 17.7. The number of hydrogen-bond donors (Lipinski definition) is 2. The van der Waals surface area contributed by atoms with E-state index in [-0.39, 0.29) is 36.1 Å². The Kier molecular flexibility index (Phi) is 6.55. The van der Waals surface area contributed by atoms with E-state index in [9.17, 15) is 9.59 Å². The van der Waals surface area contributed by atoms with Gasteiger partial charge in [-0.3, -0.25) is 14.5 Å². The van der Waals surface area contributed by atoms with Crippen LogP contribution in [0.5, 0.6) is 0 Å². The topological polar surface area (TPSA) is 70.7 Å². The molecule has 1 heterocycles. The van der Waals surface area contributed by atoms with Crippen LogP contribution >= 0.6 is 0 Å². The minimum absolute atomic E-state index is 0.0440. The molecule has 156 valence electrons. The molecule has 6 heteroatoms. The monoisotopic (exact) mass is 397 g/mol. The number of ether oxygens (including phenoxy) is 1. The summed E-state index contributed by atoms with van der Waals surface area (Å²) in [6.07, 6.45) is 0.352. The molecule has 2 unspecified atom stereocenters. The van der Waals surface area contributed by atoms with Gasteiger partial charge in [-0.05, 0) is 50.6 Å². The van der Waals surface area contributed by atoms with E-state index in [0.717, 1.165) is 23.9 Å². The van der Waals surface area contributed by atoms with E-state index in [0.29, 0.717) is 12.1 Å². The molecule has 1 aliphatic rings. The first-order valence-corrected chi connectivity index (χ1v) is 10.2. The molecule has 0 saturated carbocycles. The molecule has 0 aromatic heterocycles. The maximum atomic E-state index is 12.4. The fraction of sp³-hybridized carbons (Fsp3) is 0.478. The molecule has 1 aliphatic heterocycles. The third kappa shape index (κ3) is 5.55. The van der Waals surface area contributed by atoms with Crippen molar-refractivity contribution in [2.75, 3.05) is 26.2 Å². The zero-order chi connectivity index (χ0) is 21.0. The summed E-state index contributed by atoms with van der Waals surface area (Å²) in [6, 6.07) is 13.4. The summed E-state index contributed by atoms with van der Waals surface area (Å²) >= 11 is 0. The summed E-state index contributed by atoms with van der Waals surface area (Å²) in [5, 5.41) is 7.74. The lowest BCUT2D eigenvalue weighted by Crippen LogP contribution is -2.59. The third-order valence-corrected chi connectivity index (χ3v) is 5.41. The van der Waals surface area contributed by atoms with Crippen molar-refractivity contribution in [3.05, 3.63) is 48.0 Å². The second kappa shape index (κ2) is 8.93. The lowest BCUT2D eigenvalue weighted by molar-refractivity contribution is -0.122. The van der Waals surface area contributed by atoms with Crippen molar-refractivity contribution in [1.29, 1.82) is 0 Å². The number of nitrogens with one attached hydrogen (secondary N) is 2. The SMILES string of the molecule is CC1CN(C(C)(C)CNC(=O)CNC(=O)c2ccc3ccccc3c2)CC(C)O1. The highest BCUT2D eigenvalue weighted by Gasteiger charge is 2.33. The first-order chi connectivity index (χ1) is 13.7. The summed E-state index contributed by atoms with van der Waals surface area (Å²) in [7, 11) is 0. The van der Waals surface area contributed by atoms with Gasteiger partial charge in [0.2, 0.25) is 5.91 Å². The second-order valence-corrected chi connectivity index (χ2v) is 8.50. The van der Waals surface area contributed by atoms with Gasteiger partial charge in [-0.15, -0.1) is 0 Å². The molecule has 2 aromatic carbocycles. The summed E-state index contributed by atoms with van der Waals surface area (Å²) in [6.45, 7) is 10.5. The van der Waals surface area contributed by atoms with E-state index in [2.05, 4.69) is 43.2 Å². The third-order valence-electron chi connectivity index (χ3n) is 5.41. The van der Waals surface area contributed by atoms with Crippen LogP contribution in [0.4, 0.5) is 0 Å². The van der Waals surface area contributed by atoms with Crippen molar-refractivity contribution in [3.8, 4) is 0 Å². The number of fused-ring (bicyclic) bond motifs is 1. The fourth-order valence-corrected chi connectivity index (χ4v) is 3.75. The lowest BCUT2D eigenvalue weighted by Gasteiger charge is -2.45. The number of carbonyl (C=O) groups is 2. The van der Waals surface area contributed by atoms with E-state index < -0.39 is 0 Å². The van der Waals surface area contributed by atoms with Gasteiger partial charge in [0.05, 0.1) is 18.8 Å². The lowest BCUT2D eigenvalue weighted by atomic mass is 10.00. The highest BCUT2D eigenvalue weighted by molar-refractivity contribution is 5.99. The number of hydrogen-bond acceptors (Lipinski definition) is 4. The predicted molar refractivity (Wildman–Crippen MR) is 115 cm³/mol. The smallest absolute Gasteiger partial charge is 0.251 e. The number of carbonyl (C=O) groups excluding carboxylic acids is 2. The number of rotatable bonds is 6. The molecule has 2 aromatic rings. The zero-order valence-corrected chi connectivity index (χ0v) is 17.7. The molecule has 6 nitrogen and oxygen atoms in total. The van der Waals surface area contributed by atoms with Gasteiger partial charge >= 0.3 is 0 Å². The Morgan fingerprint density at radius 3 is 2.38 bits per heavy atom. The fourth-order valence-electron chi connectivity index (χ4n) is 3.75. The van der Waals surface area contributed by atoms with Crippen LogP contribution in [0.15, 0.2) is 42.5 Å². The molecule has 0 aliphatic carbocycles. The number of benzene rings is 2. The van der Waals surface area contributed by atoms with Crippen LogP contribution < -0.4 is 10.6 Å². The van der Waals surface area contributed by atoms with E-state index in [1.807, 2.05) is 36.4 Å². The molecule has 0 radical (unpaired) electrons. The van der Waals surface area contributed by atoms with Gasteiger partial charge in [0, 0.05) is 30.7 Å². The molecule has 2 atom stereocenters. The Morgan fingerprint density at radius 1 is 1.03 bits per heavy atom. The minimum atomic E-state index is -0.249. The van der Waals surface area contributed by atoms with Crippen LogP contribution in [0.3, 0.4) is 0 Å². The molecule has 3 rings (SSSR count). The van der Waals surface area contributed by atoms with Gasteiger partial charge < -0.3 is 15.4 Å². The molecular weight excluding hydrogens is 366 g/mol. The van der Waals surface area contributed by atoms with Gasteiger partial charge in [0.25, 0.3) is 5.91 Å². The van der Waals surface area contributed by atoms with Gasteiger partial charge in [-0.2, -0.15) is 0 Å². The minimum Gasteiger partial charge on any atom is -0.373 e.